The van der Waals surface area contributed by atoms with E-state index in [9.17, 15) is 4.39 Å². The summed E-state index contributed by atoms with van der Waals surface area (Å²) in [6.45, 7) is 3.86. The summed E-state index contributed by atoms with van der Waals surface area (Å²) >= 11 is 0. The van der Waals surface area contributed by atoms with Gasteiger partial charge in [0.2, 0.25) is 0 Å². The summed E-state index contributed by atoms with van der Waals surface area (Å²) in [6.07, 6.45) is 2.69. The van der Waals surface area contributed by atoms with Crippen molar-refractivity contribution in [3.8, 4) is 11.8 Å². The molecule has 0 unspecified atom stereocenters. The van der Waals surface area contributed by atoms with E-state index < -0.39 is 5.67 Å². The molecule has 0 bridgehead atoms. The van der Waals surface area contributed by atoms with Gasteiger partial charge in [-0.15, -0.1) is 5.92 Å². The predicted molar refractivity (Wildman–Crippen MR) is 46.5 cm³/mol. The minimum Gasteiger partial charge on any atom is -0.295 e. The average molecular weight is 167 g/mol. The van der Waals surface area contributed by atoms with E-state index >= 15 is 0 Å². The topological polar surface area (TPSA) is 3.24 Å². The van der Waals surface area contributed by atoms with E-state index in [1.54, 1.807) is 6.92 Å². The van der Waals surface area contributed by atoms with Crippen molar-refractivity contribution in [2.45, 2.75) is 25.4 Å². The summed E-state index contributed by atoms with van der Waals surface area (Å²) in [6, 6.07) is 0. The van der Waals surface area contributed by atoms with E-state index in [2.05, 4.69) is 16.7 Å². The number of likely N-dealkylation sites (tertiary alicyclic amines) is 1. The van der Waals surface area contributed by atoms with E-state index in [-0.39, 0.29) is 0 Å². The van der Waals surface area contributed by atoms with Crippen LogP contribution >= 0.6 is 0 Å². The molecule has 1 saturated carbocycles. The second-order valence-corrected chi connectivity index (χ2v) is 3.95. The van der Waals surface area contributed by atoms with Gasteiger partial charge in [-0.05, 0) is 25.7 Å². The third-order valence-electron chi connectivity index (χ3n) is 2.51. The Balaban J connectivity index is 1.76. The SMILES string of the molecule is CC#CC1(F)CN(CC2CC2)C1. The molecule has 1 aliphatic heterocycles. The molecule has 0 atom stereocenters. The fourth-order valence-corrected chi connectivity index (χ4v) is 1.76. The van der Waals surface area contributed by atoms with Gasteiger partial charge in [-0.3, -0.25) is 4.90 Å². The van der Waals surface area contributed by atoms with Gasteiger partial charge in [-0.25, -0.2) is 4.39 Å². The first-order chi connectivity index (χ1) is 5.72. The predicted octanol–water partition coefficient (Wildman–Crippen LogP) is 1.44. The molecular formula is C10H14FN. The molecule has 0 spiro atoms. The van der Waals surface area contributed by atoms with Crippen LogP contribution in [-0.4, -0.2) is 30.2 Å². The van der Waals surface area contributed by atoms with Crippen molar-refractivity contribution < 1.29 is 4.39 Å². The lowest BCUT2D eigenvalue weighted by atomic mass is 9.97. The van der Waals surface area contributed by atoms with Crippen LogP contribution in [0.3, 0.4) is 0 Å². The van der Waals surface area contributed by atoms with Gasteiger partial charge in [0.15, 0.2) is 5.67 Å². The summed E-state index contributed by atoms with van der Waals surface area (Å²) in [5.41, 5.74) is -1.18. The Morgan fingerprint density at radius 1 is 1.50 bits per heavy atom. The molecule has 0 aromatic carbocycles. The first-order valence-electron chi connectivity index (χ1n) is 4.57. The van der Waals surface area contributed by atoms with E-state index in [1.807, 2.05) is 0 Å². The molecule has 2 fully saturated rings. The van der Waals surface area contributed by atoms with Crippen LogP contribution in [0.2, 0.25) is 0 Å². The average Bonchev–Trinajstić information content (AvgIpc) is 2.68. The van der Waals surface area contributed by atoms with Gasteiger partial charge in [-0.1, -0.05) is 5.92 Å². The first kappa shape index (κ1) is 8.07. The normalized spacial score (nSPS) is 27.2. The Bertz CT molecular complexity index is 228. The van der Waals surface area contributed by atoms with Crippen LogP contribution in [0.4, 0.5) is 4.39 Å². The van der Waals surface area contributed by atoms with Crippen LogP contribution in [-0.2, 0) is 0 Å². The van der Waals surface area contributed by atoms with Crippen LogP contribution in [0.1, 0.15) is 19.8 Å². The Morgan fingerprint density at radius 3 is 2.67 bits per heavy atom. The van der Waals surface area contributed by atoms with Crippen molar-refractivity contribution in [2.75, 3.05) is 19.6 Å². The van der Waals surface area contributed by atoms with Gasteiger partial charge in [0.1, 0.15) is 0 Å². The smallest absolute Gasteiger partial charge is 0.195 e. The monoisotopic (exact) mass is 167 g/mol. The highest BCUT2D eigenvalue weighted by atomic mass is 19.1. The Labute approximate surface area is 72.9 Å². The summed E-state index contributed by atoms with van der Waals surface area (Å²) < 4.78 is 13.4. The first-order valence-corrected chi connectivity index (χ1v) is 4.57. The maximum absolute atomic E-state index is 13.4. The zero-order valence-corrected chi connectivity index (χ0v) is 7.44. The van der Waals surface area contributed by atoms with Crippen molar-refractivity contribution in [3.05, 3.63) is 0 Å². The van der Waals surface area contributed by atoms with Crippen molar-refractivity contribution in [2.24, 2.45) is 5.92 Å². The zero-order valence-electron chi connectivity index (χ0n) is 7.44. The minimum atomic E-state index is -1.18. The maximum atomic E-state index is 13.4. The molecule has 1 saturated heterocycles. The van der Waals surface area contributed by atoms with Crippen molar-refractivity contribution in [1.29, 1.82) is 0 Å². The number of rotatable bonds is 2. The molecule has 1 nitrogen and oxygen atoms in total. The fraction of sp³-hybridized carbons (Fsp3) is 0.800. The van der Waals surface area contributed by atoms with Crippen LogP contribution < -0.4 is 0 Å². The van der Waals surface area contributed by atoms with Gasteiger partial charge in [0.05, 0.1) is 0 Å². The summed E-state index contributed by atoms with van der Waals surface area (Å²) in [4.78, 5) is 2.17. The fourth-order valence-electron chi connectivity index (χ4n) is 1.76. The lowest BCUT2D eigenvalue weighted by Gasteiger charge is -2.41. The highest BCUT2D eigenvalue weighted by Crippen LogP contribution is 2.33. The van der Waals surface area contributed by atoms with Crippen LogP contribution in [0.15, 0.2) is 0 Å². The van der Waals surface area contributed by atoms with Gasteiger partial charge < -0.3 is 0 Å². The second-order valence-electron chi connectivity index (χ2n) is 3.95. The number of hydrogen-bond donors (Lipinski definition) is 0. The molecule has 2 heteroatoms. The van der Waals surface area contributed by atoms with Gasteiger partial charge in [-0.2, -0.15) is 0 Å². The Morgan fingerprint density at radius 2 is 2.17 bits per heavy atom. The van der Waals surface area contributed by atoms with E-state index in [4.69, 9.17) is 0 Å². The summed E-state index contributed by atoms with van der Waals surface area (Å²) in [5, 5.41) is 0. The van der Waals surface area contributed by atoms with Gasteiger partial charge >= 0.3 is 0 Å². The summed E-state index contributed by atoms with van der Waals surface area (Å²) in [5.74, 6) is 6.14. The Kier molecular flexibility index (Phi) is 1.84. The third-order valence-corrected chi connectivity index (χ3v) is 2.51. The molecule has 12 heavy (non-hydrogen) atoms. The van der Waals surface area contributed by atoms with Crippen LogP contribution in [0.5, 0.6) is 0 Å². The molecule has 1 heterocycles. The second kappa shape index (κ2) is 2.74. The summed E-state index contributed by atoms with van der Waals surface area (Å²) in [7, 11) is 0. The highest BCUT2D eigenvalue weighted by molar-refractivity contribution is 5.20. The van der Waals surface area contributed by atoms with E-state index in [1.165, 1.54) is 12.8 Å². The number of hydrogen-bond acceptors (Lipinski definition) is 1. The molecule has 1 aliphatic carbocycles. The molecule has 2 rings (SSSR count). The number of halogens is 1. The Hall–Kier alpha value is -0.550. The minimum absolute atomic E-state index is 0.532. The maximum Gasteiger partial charge on any atom is 0.195 e. The lowest BCUT2D eigenvalue weighted by molar-refractivity contribution is 0.0101. The number of alkyl halides is 1. The van der Waals surface area contributed by atoms with Crippen LogP contribution in [0, 0.1) is 17.8 Å². The third kappa shape index (κ3) is 1.61. The van der Waals surface area contributed by atoms with Gasteiger partial charge in [0, 0.05) is 19.6 Å². The van der Waals surface area contributed by atoms with Crippen molar-refractivity contribution in [3.63, 3.8) is 0 Å². The quantitative estimate of drug-likeness (QED) is 0.562. The molecule has 2 aliphatic rings. The molecule has 0 aromatic rings. The molecule has 0 radical (unpaired) electrons. The standard InChI is InChI=1S/C10H14FN/c1-2-5-10(11)7-12(8-10)6-9-3-4-9/h9H,3-4,6-8H2,1H3. The molecule has 66 valence electrons. The van der Waals surface area contributed by atoms with E-state index in [0.717, 1.165) is 12.5 Å². The molecule has 0 amide bonds. The lowest BCUT2D eigenvalue weighted by Crippen LogP contribution is -2.58. The van der Waals surface area contributed by atoms with Crippen molar-refractivity contribution in [1.82, 2.24) is 4.90 Å². The highest BCUT2D eigenvalue weighted by Gasteiger charge is 2.43. The van der Waals surface area contributed by atoms with E-state index in [0.29, 0.717) is 13.1 Å². The zero-order chi connectivity index (χ0) is 8.60. The largest absolute Gasteiger partial charge is 0.295 e. The van der Waals surface area contributed by atoms with Crippen molar-refractivity contribution >= 4 is 0 Å². The van der Waals surface area contributed by atoms with Gasteiger partial charge in [0.25, 0.3) is 0 Å². The molecule has 0 aromatic heterocycles. The molecular weight excluding hydrogens is 153 g/mol. The molecule has 0 N–H and O–H groups in total. The van der Waals surface area contributed by atoms with Crippen LogP contribution in [0.25, 0.3) is 0 Å². The number of nitrogens with zero attached hydrogens (tertiary/aromatic N) is 1.